The van der Waals surface area contributed by atoms with Gasteiger partial charge in [0.2, 0.25) is 5.76 Å². The number of nitrogens with zero attached hydrogens (tertiary/aromatic N) is 3. The molecule has 0 aliphatic carbocycles. The first-order chi connectivity index (χ1) is 9.27. The van der Waals surface area contributed by atoms with E-state index in [1.165, 1.54) is 18.0 Å². The lowest BCUT2D eigenvalue weighted by atomic mass is 10.2. The average molecular weight is 291 g/mol. The van der Waals surface area contributed by atoms with Gasteiger partial charge in [-0.1, -0.05) is 11.2 Å². The smallest absolute Gasteiger partial charge is 0.371 e. The lowest BCUT2D eigenvalue weighted by molar-refractivity contribution is -0.155. The third-order valence-electron chi connectivity index (χ3n) is 3.05. The molecule has 1 saturated heterocycles. The maximum Gasteiger partial charge on any atom is 0.452 e. The van der Waals surface area contributed by atoms with Crippen molar-refractivity contribution in [2.75, 3.05) is 11.9 Å². The Morgan fingerprint density at radius 2 is 2.25 bits per heavy atom. The highest BCUT2D eigenvalue weighted by Gasteiger charge is 2.45. The van der Waals surface area contributed by atoms with Crippen molar-refractivity contribution in [3.63, 3.8) is 0 Å². The summed E-state index contributed by atoms with van der Waals surface area (Å²) in [5.41, 5.74) is 0. The van der Waals surface area contributed by atoms with Gasteiger partial charge in [0.25, 0.3) is 0 Å². The van der Waals surface area contributed by atoms with E-state index < -0.39 is 30.2 Å². The molecule has 1 fully saturated rings. The summed E-state index contributed by atoms with van der Waals surface area (Å²) in [5.74, 6) is -1.71. The van der Waals surface area contributed by atoms with Gasteiger partial charge < -0.3 is 14.5 Å². The zero-order valence-electron chi connectivity index (χ0n) is 10.5. The standard InChI is InChI=1S/C11H12F3N3O3/c1-3-4-6-9(18)17(10(19)16(6)2)8-5-7(20-15-8)11(12,13)14/h3,5-6,9,18H,1,4H2,2H3. The number of urea groups is 1. The van der Waals surface area contributed by atoms with Crippen LogP contribution in [0.4, 0.5) is 23.8 Å². The quantitative estimate of drug-likeness (QED) is 0.863. The van der Waals surface area contributed by atoms with Crippen molar-refractivity contribution in [3.8, 4) is 0 Å². The molecule has 2 amide bonds. The Labute approximate surface area is 112 Å². The largest absolute Gasteiger partial charge is 0.452 e. The zero-order valence-corrected chi connectivity index (χ0v) is 10.5. The van der Waals surface area contributed by atoms with E-state index in [9.17, 15) is 23.1 Å². The number of aliphatic hydroxyl groups excluding tert-OH is 1. The minimum absolute atomic E-state index is 0.296. The van der Waals surface area contributed by atoms with Crippen LogP contribution < -0.4 is 4.90 Å². The van der Waals surface area contributed by atoms with Gasteiger partial charge in [-0.3, -0.25) is 0 Å². The van der Waals surface area contributed by atoms with Crippen molar-refractivity contribution >= 4 is 11.8 Å². The summed E-state index contributed by atoms with van der Waals surface area (Å²) in [6, 6.07) is -0.692. The number of likely N-dealkylation sites (N-methyl/N-ethyl adjacent to an activating group) is 1. The fraction of sp³-hybridized carbons (Fsp3) is 0.455. The molecular weight excluding hydrogens is 279 g/mol. The van der Waals surface area contributed by atoms with Crippen LogP contribution in [0.25, 0.3) is 0 Å². The molecule has 0 bridgehead atoms. The second-order valence-corrected chi connectivity index (χ2v) is 4.32. The second kappa shape index (κ2) is 4.82. The fourth-order valence-corrected chi connectivity index (χ4v) is 1.99. The number of alkyl halides is 3. The number of aliphatic hydroxyl groups is 1. The molecule has 2 unspecified atom stereocenters. The van der Waals surface area contributed by atoms with Crippen molar-refractivity contribution in [1.82, 2.24) is 10.1 Å². The summed E-state index contributed by atoms with van der Waals surface area (Å²) in [7, 11) is 1.43. The van der Waals surface area contributed by atoms with Crippen LogP contribution in [0.15, 0.2) is 23.2 Å². The van der Waals surface area contributed by atoms with E-state index in [4.69, 9.17) is 0 Å². The van der Waals surface area contributed by atoms with Crippen LogP contribution in [-0.4, -0.2) is 40.5 Å². The fourth-order valence-electron chi connectivity index (χ4n) is 1.99. The average Bonchev–Trinajstić information content (AvgIpc) is 2.90. The number of amides is 2. The molecule has 2 atom stereocenters. The van der Waals surface area contributed by atoms with Gasteiger partial charge in [0.15, 0.2) is 12.0 Å². The van der Waals surface area contributed by atoms with Crippen molar-refractivity contribution in [2.24, 2.45) is 0 Å². The molecule has 0 saturated carbocycles. The lowest BCUT2D eigenvalue weighted by Gasteiger charge is -2.19. The number of anilines is 1. The normalized spacial score (nSPS) is 23.6. The van der Waals surface area contributed by atoms with Gasteiger partial charge in [-0.15, -0.1) is 6.58 Å². The first-order valence-corrected chi connectivity index (χ1v) is 5.66. The summed E-state index contributed by atoms with van der Waals surface area (Å²) < 4.78 is 41.4. The topological polar surface area (TPSA) is 69.8 Å². The first kappa shape index (κ1) is 14.4. The lowest BCUT2D eigenvalue weighted by Crippen LogP contribution is -2.36. The summed E-state index contributed by atoms with van der Waals surface area (Å²) in [4.78, 5) is 13.9. The summed E-state index contributed by atoms with van der Waals surface area (Å²) in [5, 5.41) is 13.2. The predicted octanol–water partition coefficient (Wildman–Crippen LogP) is 1.83. The number of hydrogen-bond acceptors (Lipinski definition) is 4. The summed E-state index contributed by atoms with van der Waals surface area (Å²) >= 11 is 0. The molecule has 2 rings (SSSR count). The van der Waals surface area contributed by atoms with Gasteiger partial charge in [0.05, 0.1) is 6.04 Å². The molecule has 1 N–H and O–H groups in total. The third kappa shape index (κ3) is 2.24. The molecule has 0 aromatic carbocycles. The molecule has 110 valence electrons. The van der Waals surface area contributed by atoms with Crippen LogP contribution >= 0.6 is 0 Å². The van der Waals surface area contributed by atoms with Gasteiger partial charge in [0.1, 0.15) is 0 Å². The van der Waals surface area contributed by atoms with E-state index in [0.29, 0.717) is 12.5 Å². The van der Waals surface area contributed by atoms with Crippen LogP contribution in [0, 0.1) is 0 Å². The minimum Gasteiger partial charge on any atom is -0.371 e. The molecule has 9 heteroatoms. The molecule has 0 radical (unpaired) electrons. The summed E-state index contributed by atoms with van der Waals surface area (Å²) in [6.45, 7) is 3.50. The molecule has 0 spiro atoms. The zero-order chi connectivity index (χ0) is 15.1. The van der Waals surface area contributed by atoms with Crippen molar-refractivity contribution in [1.29, 1.82) is 0 Å². The number of hydrogen-bond donors (Lipinski definition) is 1. The molecule has 20 heavy (non-hydrogen) atoms. The number of carbonyl (C=O) groups is 1. The molecule has 2 heterocycles. The van der Waals surface area contributed by atoms with Crippen LogP contribution in [-0.2, 0) is 6.18 Å². The van der Waals surface area contributed by atoms with Crippen molar-refractivity contribution in [3.05, 3.63) is 24.5 Å². The molecule has 1 aliphatic rings. The first-order valence-electron chi connectivity index (χ1n) is 5.66. The van der Waals surface area contributed by atoms with E-state index >= 15 is 0 Å². The van der Waals surface area contributed by atoms with Crippen LogP contribution in [0.2, 0.25) is 0 Å². The molecule has 1 aromatic rings. The Bertz CT molecular complexity index is 528. The molecule has 1 aromatic heterocycles. The van der Waals surface area contributed by atoms with Crippen molar-refractivity contribution in [2.45, 2.75) is 24.9 Å². The predicted molar refractivity (Wildman–Crippen MR) is 61.8 cm³/mol. The second-order valence-electron chi connectivity index (χ2n) is 4.32. The van der Waals surface area contributed by atoms with E-state index in [1.54, 1.807) is 0 Å². The summed E-state index contributed by atoms with van der Waals surface area (Å²) in [6.07, 6.45) is -4.22. The SMILES string of the molecule is C=CCC1C(O)N(c2cc(C(F)(F)F)on2)C(=O)N1C. The third-order valence-corrected chi connectivity index (χ3v) is 3.05. The molecular formula is C11H12F3N3O3. The van der Waals surface area contributed by atoms with Gasteiger partial charge in [-0.25, -0.2) is 9.69 Å². The van der Waals surface area contributed by atoms with E-state index in [0.717, 1.165) is 4.90 Å². The highest BCUT2D eigenvalue weighted by molar-refractivity contribution is 5.94. The number of carbonyl (C=O) groups excluding carboxylic acids is 1. The van der Waals surface area contributed by atoms with E-state index in [-0.39, 0.29) is 5.82 Å². The monoisotopic (exact) mass is 291 g/mol. The van der Waals surface area contributed by atoms with Crippen LogP contribution in [0.3, 0.4) is 0 Å². The van der Waals surface area contributed by atoms with Gasteiger partial charge in [0, 0.05) is 13.1 Å². The van der Waals surface area contributed by atoms with E-state index in [1.807, 2.05) is 0 Å². The highest BCUT2D eigenvalue weighted by Crippen LogP contribution is 2.34. The minimum atomic E-state index is -4.70. The maximum absolute atomic E-state index is 12.4. The molecule has 6 nitrogen and oxygen atoms in total. The Balaban J connectivity index is 2.30. The molecule has 1 aliphatic heterocycles. The number of aromatic nitrogens is 1. The van der Waals surface area contributed by atoms with Gasteiger partial charge in [-0.2, -0.15) is 13.2 Å². The highest BCUT2D eigenvalue weighted by atomic mass is 19.4. The number of halogens is 3. The van der Waals surface area contributed by atoms with Gasteiger partial charge >= 0.3 is 12.2 Å². The maximum atomic E-state index is 12.4. The van der Waals surface area contributed by atoms with E-state index in [2.05, 4.69) is 16.3 Å². The van der Waals surface area contributed by atoms with Crippen LogP contribution in [0.5, 0.6) is 0 Å². The Hall–Kier alpha value is -2.03. The van der Waals surface area contributed by atoms with Crippen molar-refractivity contribution < 1.29 is 27.6 Å². The van der Waals surface area contributed by atoms with Gasteiger partial charge in [-0.05, 0) is 6.42 Å². The van der Waals surface area contributed by atoms with Crippen LogP contribution in [0.1, 0.15) is 12.2 Å². The number of rotatable bonds is 3. The Kier molecular flexibility index (Phi) is 3.46. The Morgan fingerprint density at radius 1 is 1.60 bits per heavy atom. The Morgan fingerprint density at radius 3 is 2.75 bits per heavy atom.